The topological polar surface area (TPSA) is 91.9 Å². The number of pyridine rings is 1. The predicted molar refractivity (Wildman–Crippen MR) is 106 cm³/mol. The second-order valence-electron chi connectivity index (χ2n) is 6.14. The molecule has 1 atom stereocenters. The van der Waals surface area contributed by atoms with Gasteiger partial charge in [-0.2, -0.15) is 5.26 Å². The van der Waals surface area contributed by atoms with Crippen LogP contribution >= 0.6 is 12.6 Å². The van der Waals surface area contributed by atoms with Crippen LogP contribution in [0.25, 0.3) is 17.1 Å². The van der Waals surface area contributed by atoms with E-state index in [0.717, 1.165) is 5.56 Å². The third-order valence-corrected chi connectivity index (χ3v) is 4.89. The fraction of sp³-hybridized carbons (Fsp3) is 0.158. The lowest BCUT2D eigenvalue weighted by Crippen LogP contribution is -2.31. The summed E-state index contributed by atoms with van der Waals surface area (Å²) in [5.41, 5.74) is 4.09. The van der Waals surface area contributed by atoms with Crippen molar-refractivity contribution in [3.05, 3.63) is 71.7 Å². The van der Waals surface area contributed by atoms with E-state index in [9.17, 15) is 4.39 Å². The van der Waals surface area contributed by atoms with Crippen molar-refractivity contribution in [1.82, 2.24) is 30.3 Å². The molecule has 0 fully saturated rings. The summed E-state index contributed by atoms with van der Waals surface area (Å²) in [6.07, 6.45) is 4.95. The molecule has 8 nitrogen and oxygen atoms in total. The minimum absolute atomic E-state index is 0.175. The van der Waals surface area contributed by atoms with Crippen LogP contribution in [0.4, 0.5) is 4.39 Å². The van der Waals surface area contributed by atoms with Gasteiger partial charge in [0.2, 0.25) is 0 Å². The highest BCUT2D eigenvalue weighted by molar-refractivity contribution is 7.80. The zero-order valence-corrected chi connectivity index (χ0v) is 16.2. The average molecular weight is 409 g/mol. The first-order valence-corrected chi connectivity index (χ1v) is 9.28. The second-order valence-corrected chi connectivity index (χ2v) is 6.63. The van der Waals surface area contributed by atoms with Crippen molar-refractivity contribution in [3.63, 3.8) is 0 Å². The molecular weight excluding hydrogens is 393 g/mol. The molecule has 3 aromatic rings. The van der Waals surface area contributed by atoms with Gasteiger partial charge in [0, 0.05) is 24.5 Å². The van der Waals surface area contributed by atoms with Crippen LogP contribution in [0.2, 0.25) is 0 Å². The Bertz CT molecular complexity index is 1110. The largest absolute Gasteiger partial charge is 0.387 e. The van der Waals surface area contributed by atoms with Gasteiger partial charge in [-0.15, -0.1) is 22.8 Å². The Morgan fingerprint density at radius 2 is 2.07 bits per heavy atom. The standard InChI is InChI=1S/C19H16FN7OS/c1-2-26-17(13-5-7-22-8-6-13)23-24-18(26)19(29)27-11-16(28-25-27)14-9-12(10-21)3-4-15(14)20/h3-9,11,19,25,29H,2H2,1H3. The van der Waals surface area contributed by atoms with Gasteiger partial charge in [0.1, 0.15) is 5.82 Å². The second kappa shape index (κ2) is 7.90. The molecule has 1 aliphatic rings. The zero-order valence-electron chi connectivity index (χ0n) is 15.3. The van der Waals surface area contributed by atoms with Crippen LogP contribution in [0.1, 0.15) is 29.2 Å². The molecule has 10 heteroatoms. The number of benzene rings is 1. The van der Waals surface area contributed by atoms with Crippen LogP contribution in [0, 0.1) is 17.1 Å². The number of nitrogens with zero attached hydrogens (tertiary/aromatic N) is 6. The van der Waals surface area contributed by atoms with Crippen molar-refractivity contribution in [2.24, 2.45) is 0 Å². The molecule has 0 bridgehead atoms. The van der Waals surface area contributed by atoms with Gasteiger partial charge in [-0.05, 0) is 37.3 Å². The molecule has 0 radical (unpaired) electrons. The van der Waals surface area contributed by atoms with E-state index < -0.39 is 11.2 Å². The zero-order chi connectivity index (χ0) is 20.4. The number of thiol groups is 1. The van der Waals surface area contributed by atoms with Crippen molar-refractivity contribution < 1.29 is 9.23 Å². The first-order chi connectivity index (χ1) is 14.1. The SMILES string of the molecule is CCn1c(-c2ccncc2)nnc1C(S)N1C=C(c2cc(C#N)ccc2F)ON1. The van der Waals surface area contributed by atoms with Crippen LogP contribution in [-0.4, -0.2) is 24.8 Å². The van der Waals surface area contributed by atoms with E-state index in [1.807, 2.05) is 29.7 Å². The molecule has 1 unspecified atom stereocenters. The molecule has 0 aliphatic carbocycles. The van der Waals surface area contributed by atoms with Gasteiger partial charge in [0.15, 0.2) is 22.8 Å². The highest BCUT2D eigenvalue weighted by Crippen LogP contribution is 2.31. The summed E-state index contributed by atoms with van der Waals surface area (Å²) in [4.78, 5) is 9.43. The lowest BCUT2D eigenvalue weighted by Gasteiger charge is -2.21. The lowest BCUT2D eigenvalue weighted by molar-refractivity contribution is 0.0380. The summed E-state index contributed by atoms with van der Waals surface area (Å²) in [5.74, 6) is 1.02. The quantitative estimate of drug-likeness (QED) is 0.626. The molecule has 0 spiro atoms. The van der Waals surface area contributed by atoms with Gasteiger partial charge in [-0.1, -0.05) is 5.59 Å². The fourth-order valence-corrected chi connectivity index (χ4v) is 3.27. The van der Waals surface area contributed by atoms with Gasteiger partial charge in [-0.25, -0.2) is 4.39 Å². The van der Waals surface area contributed by atoms with Crippen LogP contribution in [0.5, 0.6) is 0 Å². The van der Waals surface area contributed by atoms with Crippen LogP contribution in [0.15, 0.2) is 48.9 Å². The van der Waals surface area contributed by atoms with Crippen LogP contribution in [0.3, 0.4) is 0 Å². The summed E-state index contributed by atoms with van der Waals surface area (Å²) in [5, 5.41) is 18.6. The Morgan fingerprint density at radius 1 is 1.28 bits per heavy atom. The molecule has 4 rings (SSSR count). The van der Waals surface area contributed by atoms with Gasteiger partial charge in [0.25, 0.3) is 0 Å². The molecule has 0 amide bonds. The third kappa shape index (κ3) is 3.53. The molecule has 1 N–H and O–H groups in total. The van der Waals surface area contributed by atoms with Crippen LogP contribution < -0.4 is 5.59 Å². The maximum Gasteiger partial charge on any atom is 0.177 e. The molecule has 1 aromatic carbocycles. The Balaban J connectivity index is 1.64. The minimum Gasteiger partial charge on any atom is -0.387 e. The summed E-state index contributed by atoms with van der Waals surface area (Å²) >= 11 is 4.64. The number of nitriles is 1. The summed E-state index contributed by atoms with van der Waals surface area (Å²) < 4.78 is 16.1. The predicted octanol–water partition coefficient (Wildman–Crippen LogP) is 3.05. The molecule has 0 saturated carbocycles. The van der Waals surface area contributed by atoms with E-state index >= 15 is 0 Å². The van der Waals surface area contributed by atoms with E-state index in [4.69, 9.17) is 10.1 Å². The van der Waals surface area contributed by atoms with Crippen LogP contribution in [-0.2, 0) is 11.4 Å². The number of hydrazine groups is 1. The molecule has 1 aliphatic heterocycles. The first-order valence-electron chi connectivity index (χ1n) is 8.76. The number of rotatable bonds is 5. The Kier molecular flexibility index (Phi) is 5.16. The normalized spacial score (nSPS) is 14.3. The number of aromatic nitrogens is 4. The molecule has 0 saturated heterocycles. The van der Waals surface area contributed by atoms with Gasteiger partial charge >= 0.3 is 0 Å². The van der Waals surface area contributed by atoms with E-state index in [0.29, 0.717) is 23.8 Å². The summed E-state index contributed by atoms with van der Waals surface area (Å²) in [6.45, 7) is 2.61. The van der Waals surface area contributed by atoms with E-state index in [1.165, 1.54) is 18.2 Å². The third-order valence-electron chi connectivity index (χ3n) is 4.41. The first kappa shape index (κ1) is 18.9. The maximum atomic E-state index is 14.2. The van der Waals surface area contributed by atoms with E-state index in [2.05, 4.69) is 33.4 Å². The molecule has 146 valence electrons. The van der Waals surface area contributed by atoms with Crippen molar-refractivity contribution >= 4 is 18.4 Å². The number of hydrogen-bond donors (Lipinski definition) is 2. The highest BCUT2D eigenvalue weighted by atomic mass is 32.1. The molecule has 29 heavy (non-hydrogen) atoms. The lowest BCUT2D eigenvalue weighted by atomic mass is 10.1. The van der Waals surface area contributed by atoms with Crippen molar-refractivity contribution in [1.29, 1.82) is 5.26 Å². The number of halogens is 1. The maximum absolute atomic E-state index is 14.2. The average Bonchev–Trinajstić information content (AvgIpc) is 3.41. The number of nitrogens with one attached hydrogen (secondary N) is 1. The minimum atomic E-state index is -0.558. The smallest absolute Gasteiger partial charge is 0.177 e. The van der Waals surface area contributed by atoms with Crippen molar-refractivity contribution in [3.8, 4) is 17.5 Å². The van der Waals surface area contributed by atoms with Gasteiger partial charge < -0.3 is 9.40 Å². The Morgan fingerprint density at radius 3 is 2.79 bits per heavy atom. The van der Waals surface area contributed by atoms with E-state index in [-0.39, 0.29) is 11.3 Å². The van der Waals surface area contributed by atoms with Crippen molar-refractivity contribution in [2.75, 3.05) is 0 Å². The monoisotopic (exact) mass is 409 g/mol. The van der Waals surface area contributed by atoms with Crippen molar-refractivity contribution in [2.45, 2.75) is 18.8 Å². The highest BCUT2D eigenvalue weighted by Gasteiger charge is 2.28. The van der Waals surface area contributed by atoms with E-state index in [1.54, 1.807) is 23.6 Å². The molecular formula is C19H16FN7OS. The van der Waals surface area contributed by atoms with Gasteiger partial charge in [-0.3, -0.25) is 9.99 Å². The molecule has 3 heterocycles. The number of hydrogen-bond acceptors (Lipinski definition) is 8. The van der Waals surface area contributed by atoms with Gasteiger partial charge in [0.05, 0.1) is 23.4 Å². The Labute approximate surface area is 171 Å². The Hall–Kier alpha value is -3.42. The summed E-state index contributed by atoms with van der Waals surface area (Å²) in [6, 6.07) is 9.76. The summed E-state index contributed by atoms with van der Waals surface area (Å²) in [7, 11) is 0. The fourth-order valence-electron chi connectivity index (χ4n) is 2.97. The molecule has 2 aromatic heterocycles.